The molecule has 0 spiro atoms. The monoisotopic (exact) mass is 285 g/mol. The molecule has 1 N–H and O–H groups in total. The van der Waals surface area contributed by atoms with Crippen molar-refractivity contribution in [2.24, 2.45) is 0 Å². The van der Waals surface area contributed by atoms with E-state index in [-0.39, 0.29) is 6.29 Å². The molecule has 0 aliphatic carbocycles. The van der Waals surface area contributed by atoms with Crippen molar-refractivity contribution in [1.29, 1.82) is 0 Å². The van der Waals surface area contributed by atoms with Crippen LogP contribution >= 0.6 is 0 Å². The maximum absolute atomic E-state index is 5.38. The van der Waals surface area contributed by atoms with Gasteiger partial charge in [0.05, 0.1) is 26.9 Å². The molecule has 1 aromatic carbocycles. The molecule has 6 nitrogen and oxygen atoms in total. The van der Waals surface area contributed by atoms with Crippen LogP contribution in [0, 0.1) is 0 Å². The second kappa shape index (κ2) is 8.63. The number of hydrogen-bond donors (Lipinski definition) is 1. The van der Waals surface area contributed by atoms with E-state index in [4.69, 9.17) is 23.7 Å². The number of hydrogen-bond acceptors (Lipinski definition) is 6. The Bertz CT molecular complexity index is 382. The highest BCUT2D eigenvalue weighted by molar-refractivity contribution is 5.50. The SMILES string of the molecule is COc1cc(OC)c(CNCC(OC)OC)c(OC)c1. The molecule has 20 heavy (non-hydrogen) atoms. The van der Waals surface area contributed by atoms with E-state index in [1.165, 1.54) is 0 Å². The van der Waals surface area contributed by atoms with E-state index in [1.54, 1.807) is 35.5 Å². The van der Waals surface area contributed by atoms with E-state index in [1.807, 2.05) is 12.1 Å². The number of rotatable bonds is 9. The highest BCUT2D eigenvalue weighted by Gasteiger charge is 2.13. The Morgan fingerprint density at radius 1 is 0.900 bits per heavy atom. The quantitative estimate of drug-likeness (QED) is 0.693. The first-order chi connectivity index (χ1) is 9.69. The molecule has 0 aliphatic rings. The van der Waals surface area contributed by atoms with E-state index in [0.717, 1.165) is 5.56 Å². The lowest BCUT2D eigenvalue weighted by molar-refractivity contribution is -0.0989. The normalized spacial score (nSPS) is 10.7. The van der Waals surface area contributed by atoms with Gasteiger partial charge in [0.1, 0.15) is 17.2 Å². The zero-order valence-electron chi connectivity index (χ0n) is 12.7. The van der Waals surface area contributed by atoms with Gasteiger partial charge in [-0.1, -0.05) is 0 Å². The molecule has 0 unspecified atom stereocenters. The molecule has 6 heteroatoms. The summed E-state index contributed by atoms with van der Waals surface area (Å²) in [5.41, 5.74) is 0.918. The van der Waals surface area contributed by atoms with Crippen molar-refractivity contribution in [3.63, 3.8) is 0 Å². The van der Waals surface area contributed by atoms with Gasteiger partial charge in [-0.25, -0.2) is 0 Å². The van der Waals surface area contributed by atoms with Crippen molar-refractivity contribution in [3.8, 4) is 17.2 Å². The number of nitrogens with one attached hydrogen (secondary N) is 1. The molecule has 0 aromatic heterocycles. The zero-order chi connectivity index (χ0) is 15.0. The van der Waals surface area contributed by atoms with Crippen molar-refractivity contribution < 1.29 is 23.7 Å². The van der Waals surface area contributed by atoms with Crippen molar-refractivity contribution in [2.75, 3.05) is 42.1 Å². The van der Waals surface area contributed by atoms with Crippen LogP contribution in [0.4, 0.5) is 0 Å². The first-order valence-electron chi connectivity index (χ1n) is 6.25. The van der Waals surface area contributed by atoms with Crippen molar-refractivity contribution >= 4 is 0 Å². The number of methoxy groups -OCH3 is 5. The van der Waals surface area contributed by atoms with Gasteiger partial charge in [0.15, 0.2) is 6.29 Å². The molecule has 0 amide bonds. The number of ether oxygens (including phenoxy) is 5. The second-order valence-electron chi connectivity index (χ2n) is 4.04. The number of benzene rings is 1. The van der Waals surface area contributed by atoms with Crippen LogP contribution in [0.5, 0.6) is 17.2 Å². The Morgan fingerprint density at radius 2 is 1.45 bits per heavy atom. The van der Waals surface area contributed by atoms with Crippen molar-refractivity contribution in [3.05, 3.63) is 17.7 Å². The fourth-order valence-corrected chi connectivity index (χ4v) is 1.83. The van der Waals surface area contributed by atoms with Crippen LogP contribution in [0.2, 0.25) is 0 Å². The highest BCUT2D eigenvalue weighted by atomic mass is 16.7. The molecule has 0 heterocycles. The lowest BCUT2D eigenvalue weighted by atomic mass is 10.1. The Kier molecular flexibility index (Phi) is 7.14. The van der Waals surface area contributed by atoms with Crippen LogP contribution in [-0.4, -0.2) is 48.4 Å². The predicted molar refractivity (Wildman–Crippen MR) is 75.6 cm³/mol. The summed E-state index contributed by atoms with van der Waals surface area (Å²) >= 11 is 0. The van der Waals surface area contributed by atoms with E-state index in [2.05, 4.69) is 5.32 Å². The van der Waals surface area contributed by atoms with Gasteiger partial charge in [-0.05, 0) is 0 Å². The van der Waals surface area contributed by atoms with Crippen LogP contribution in [0.15, 0.2) is 12.1 Å². The minimum Gasteiger partial charge on any atom is -0.496 e. The van der Waals surface area contributed by atoms with Gasteiger partial charge in [0.25, 0.3) is 0 Å². The van der Waals surface area contributed by atoms with Gasteiger partial charge in [0.2, 0.25) is 0 Å². The molecular weight excluding hydrogens is 262 g/mol. The molecule has 0 fully saturated rings. The van der Waals surface area contributed by atoms with Crippen molar-refractivity contribution in [2.45, 2.75) is 12.8 Å². The molecule has 0 atom stereocenters. The maximum atomic E-state index is 5.38. The summed E-state index contributed by atoms with van der Waals surface area (Å²) in [6.45, 7) is 1.13. The van der Waals surface area contributed by atoms with Gasteiger partial charge in [-0.2, -0.15) is 0 Å². The molecule has 1 aromatic rings. The van der Waals surface area contributed by atoms with E-state index >= 15 is 0 Å². The Balaban J connectivity index is 2.81. The lowest BCUT2D eigenvalue weighted by Crippen LogP contribution is -2.29. The van der Waals surface area contributed by atoms with E-state index < -0.39 is 0 Å². The lowest BCUT2D eigenvalue weighted by Gasteiger charge is -2.17. The molecule has 0 saturated heterocycles. The average molecular weight is 285 g/mol. The molecule has 0 bridgehead atoms. The third kappa shape index (κ3) is 4.26. The third-order valence-electron chi connectivity index (χ3n) is 2.96. The summed E-state index contributed by atoms with van der Waals surface area (Å²) in [5.74, 6) is 2.11. The van der Waals surface area contributed by atoms with E-state index in [0.29, 0.717) is 30.3 Å². The fourth-order valence-electron chi connectivity index (χ4n) is 1.83. The van der Waals surface area contributed by atoms with Gasteiger partial charge in [-0.15, -0.1) is 0 Å². The highest BCUT2D eigenvalue weighted by Crippen LogP contribution is 2.33. The average Bonchev–Trinajstić information content (AvgIpc) is 2.50. The summed E-state index contributed by atoms with van der Waals surface area (Å²) in [6.07, 6.45) is -0.287. The summed E-state index contributed by atoms with van der Waals surface area (Å²) in [6, 6.07) is 3.65. The Labute approximate surface area is 119 Å². The largest absolute Gasteiger partial charge is 0.496 e. The van der Waals surface area contributed by atoms with Crippen LogP contribution in [0.1, 0.15) is 5.56 Å². The summed E-state index contributed by atoms with van der Waals surface area (Å²) in [7, 11) is 8.04. The molecule has 0 aliphatic heterocycles. The van der Waals surface area contributed by atoms with Crippen molar-refractivity contribution in [1.82, 2.24) is 5.32 Å². The predicted octanol–water partition coefficient (Wildman–Crippen LogP) is 1.42. The van der Waals surface area contributed by atoms with Crippen LogP contribution < -0.4 is 19.5 Å². The van der Waals surface area contributed by atoms with Gasteiger partial charge in [-0.3, -0.25) is 0 Å². The summed E-state index contributed by atoms with van der Waals surface area (Å²) in [4.78, 5) is 0. The van der Waals surface area contributed by atoms with Crippen LogP contribution in [0.25, 0.3) is 0 Å². The van der Waals surface area contributed by atoms with Crippen LogP contribution in [-0.2, 0) is 16.0 Å². The molecule has 114 valence electrons. The minimum absolute atomic E-state index is 0.287. The first-order valence-corrected chi connectivity index (χ1v) is 6.25. The van der Waals surface area contributed by atoms with E-state index in [9.17, 15) is 0 Å². The molecule has 0 radical (unpaired) electrons. The standard InChI is InChI=1S/C14H23NO5/c1-16-10-6-12(17-2)11(13(7-10)18-3)8-15-9-14(19-4)20-5/h6-7,14-15H,8-9H2,1-5H3. The third-order valence-corrected chi connectivity index (χ3v) is 2.96. The molecular formula is C14H23NO5. The molecule has 0 saturated carbocycles. The fraction of sp³-hybridized carbons (Fsp3) is 0.571. The topological polar surface area (TPSA) is 58.2 Å². The summed E-state index contributed by atoms with van der Waals surface area (Å²) in [5, 5.41) is 3.24. The first kappa shape index (κ1) is 16.6. The Morgan fingerprint density at radius 3 is 1.85 bits per heavy atom. The minimum atomic E-state index is -0.287. The smallest absolute Gasteiger partial charge is 0.169 e. The van der Waals surface area contributed by atoms with Crippen LogP contribution in [0.3, 0.4) is 0 Å². The zero-order valence-corrected chi connectivity index (χ0v) is 12.7. The van der Waals surface area contributed by atoms with Gasteiger partial charge in [0, 0.05) is 39.4 Å². The Hall–Kier alpha value is -1.50. The van der Waals surface area contributed by atoms with Gasteiger partial charge < -0.3 is 29.0 Å². The maximum Gasteiger partial charge on any atom is 0.169 e. The molecule has 1 rings (SSSR count). The second-order valence-corrected chi connectivity index (χ2v) is 4.04. The summed E-state index contributed by atoms with van der Waals surface area (Å²) < 4.78 is 26.2. The van der Waals surface area contributed by atoms with Gasteiger partial charge >= 0.3 is 0 Å².